The van der Waals surface area contributed by atoms with Gasteiger partial charge in [-0.15, -0.1) is 0 Å². The van der Waals surface area contributed by atoms with Gasteiger partial charge in [0.05, 0.1) is 22.4 Å². The van der Waals surface area contributed by atoms with Crippen molar-refractivity contribution in [3.05, 3.63) is 59.7 Å². The van der Waals surface area contributed by atoms with Gasteiger partial charge in [0.15, 0.2) is 0 Å². The van der Waals surface area contributed by atoms with Gasteiger partial charge in [-0.2, -0.15) is 12.7 Å². The fourth-order valence-corrected chi connectivity index (χ4v) is 6.33. The number of benzene rings is 2. The van der Waals surface area contributed by atoms with E-state index >= 15 is 0 Å². The van der Waals surface area contributed by atoms with E-state index in [4.69, 9.17) is 4.18 Å². The van der Waals surface area contributed by atoms with Gasteiger partial charge in [-0.05, 0) is 60.1 Å². The van der Waals surface area contributed by atoms with Gasteiger partial charge in [0.1, 0.15) is 0 Å². The molecule has 0 aliphatic carbocycles. The second-order valence-corrected chi connectivity index (χ2v) is 12.1. The lowest BCUT2D eigenvalue weighted by atomic mass is 10.0. The van der Waals surface area contributed by atoms with E-state index in [0.717, 1.165) is 11.1 Å². The highest BCUT2D eigenvalue weighted by Gasteiger charge is 2.36. The minimum absolute atomic E-state index is 0.0774. The number of rotatable bonds is 8. The summed E-state index contributed by atoms with van der Waals surface area (Å²) in [5.41, 5.74) is 2.10. The predicted octanol–water partition coefficient (Wildman–Crippen LogP) is 4.49. The van der Waals surface area contributed by atoms with E-state index < -0.39 is 26.2 Å². The van der Waals surface area contributed by atoms with E-state index in [2.05, 4.69) is 0 Å². The van der Waals surface area contributed by atoms with E-state index in [-0.39, 0.29) is 16.4 Å². The largest absolute Gasteiger partial charge is 0.297 e. The average molecular weight is 466 g/mol. The Morgan fingerprint density at radius 1 is 0.839 bits per heavy atom. The number of sulfonamides is 1. The Bertz CT molecular complexity index is 1090. The van der Waals surface area contributed by atoms with Crippen molar-refractivity contribution in [3.8, 4) is 0 Å². The molecular formula is C23H31NO5S2. The van der Waals surface area contributed by atoms with Gasteiger partial charge in [0, 0.05) is 6.54 Å². The van der Waals surface area contributed by atoms with Crippen LogP contribution in [0.5, 0.6) is 0 Å². The smallest absolute Gasteiger partial charge is 0.265 e. The van der Waals surface area contributed by atoms with Crippen LogP contribution < -0.4 is 0 Å². The van der Waals surface area contributed by atoms with Crippen molar-refractivity contribution in [2.24, 2.45) is 0 Å². The molecule has 0 N–H and O–H groups in total. The predicted molar refractivity (Wildman–Crippen MR) is 121 cm³/mol. The molecule has 8 heteroatoms. The highest BCUT2D eigenvalue weighted by Crippen LogP contribution is 2.28. The Kier molecular flexibility index (Phi) is 7.25. The molecule has 6 nitrogen and oxygen atoms in total. The quantitative estimate of drug-likeness (QED) is 0.537. The highest BCUT2D eigenvalue weighted by molar-refractivity contribution is 7.89. The highest BCUT2D eigenvalue weighted by atomic mass is 32.2. The minimum Gasteiger partial charge on any atom is -0.265 e. The van der Waals surface area contributed by atoms with Gasteiger partial charge < -0.3 is 0 Å². The molecule has 0 saturated carbocycles. The van der Waals surface area contributed by atoms with Crippen molar-refractivity contribution < 1.29 is 21.0 Å². The summed E-state index contributed by atoms with van der Waals surface area (Å²) in [5, 5.41) is 0. The Labute approximate surface area is 186 Å². The van der Waals surface area contributed by atoms with E-state index in [0.29, 0.717) is 31.2 Å². The van der Waals surface area contributed by atoms with E-state index in [1.165, 1.54) is 16.4 Å². The first-order chi connectivity index (χ1) is 14.5. The summed E-state index contributed by atoms with van der Waals surface area (Å²) >= 11 is 0. The number of hydrogen-bond acceptors (Lipinski definition) is 5. The molecule has 170 valence electrons. The molecule has 31 heavy (non-hydrogen) atoms. The first-order valence-corrected chi connectivity index (χ1v) is 13.5. The third kappa shape index (κ3) is 5.37. The van der Waals surface area contributed by atoms with Crippen LogP contribution in [0.3, 0.4) is 0 Å². The molecule has 0 unspecified atom stereocenters. The molecule has 1 aliphatic rings. The SMILES string of the molecule is CC(C)c1ccc(S(=O)(=O)OC[C@@H]2CCCN2S(=O)(=O)c2ccc(C(C)C)cc2)cc1. The van der Waals surface area contributed by atoms with Gasteiger partial charge in [-0.1, -0.05) is 52.0 Å². The molecule has 3 rings (SSSR count). The molecule has 0 bridgehead atoms. The topological polar surface area (TPSA) is 80.8 Å². The molecule has 0 spiro atoms. The number of nitrogens with zero attached hydrogens (tertiary/aromatic N) is 1. The molecule has 1 saturated heterocycles. The maximum absolute atomic E-state index is 13.1. The van der Waals surface area contributed by atoms with Crippen molar-refractivity contribution in [2.75, 3.05) is 13.2 Å². The molecule has 1 atom stereocenters. The number of hydrogen-bond donors (Lipinski definition) is 0. The van der Waals surface area contributed by atoms with E-state index in [1.54, 1.807) is 24.3 Å². The molecule has 1 heterocycles. The van der Waals surface area contributed by atoms with Crippen LogP contribution in [0.15, 0.2) is 58.3 Å². The molecule has 0 amide bonds. The van der Waals surface area contributed by atoms with Gasteiger partial charge in [-0.3, -0.25) is 4.18 Å². The standard InChI is InChI=1S/C23H31NO5S2/c1-17(2)19-7-11-22(12-8-19)30(25,26)24-15-5-6-21(24)16-29-31(27,28)23-13-9-20(10-14-23)18(3)4/h7-14,17-18,21H,5-6,15-16H2,1-4H3/t21-/m0/s1. The summed E-state index contributed by atoms with van der Waals surface area (Å²) in [4.78, 5) is 0.296. The van der Waals surface area contributed by atoms with E-state index in [1.807, 2.05) is 39.8 Å². The lowest BCUT2D eigenvalue weighted by Gasteiger charge is -2.24. The zero-order valence-electron chi connectivity index (χ0n) is 18.5. The molecule has 1 fully saturated rings. The normalized spacial score (nSPS) is 18.2. The molecule has 1 aliphatic heterocycles. The van der Waals surface area contributed by atoms with Gasteiger partial charge in [-0.25, -0.2) is 8.42 Å². The molecule has 0 radical (unpaired) electrons. The van der Waals surface area contributed by atoms with Crippen molar-refractivity contribution in [1.82, 2.24) is 4.31 Å². The van der Waals surface area contributed by atoms with Crippen molar-refractivity contribution >= 4 is 20.1 Å². The van der Waals surface area contributed by atoms with Crippen LogP contribution in [0, 0.1) is 0 Å². The molecule has 2 aromatic carbocycles. The Morgan fingerprint density at radius 3 is 1.81 bits per heavy atom. The lowest BCUT2D eigenvalue weighted by molar-refractivity contribution is 0.237. The summed E-state index contributed by atoms with van der Waals surface area (Å²) in [6.07, 6.45) is 1.23. The summed E-state index contributed by atoms with van der Waals surface area (Å²) in [7, 11) is -7.68. The van der Waals surface area contributed by atoms with Crippen LogP contribution in [0.25, 0.3) is 0 Å². The Hall–Kier alpha value is -1.74. The maximum atomic E-state index is 13.1. The summed E-state index contributed by atoms with van der Waals surface area (Å²) < 4.78 is 58.1. The van der Waals surface area contributed by atoms with Crippen LogP contribution in [-0.2, 0) is 24.3 Å². The lowest BCUT2D eigenvalue weighted by Crippen LogP contribution is -2.38. The molecular weight excluding hydrogens is 434 g/mol. The zero-order valence-corrected chi connectivity index (χ0v) is 20.1. The monoisotopic (exact) mass is 465 g/mol. The summed E-state index contributed by atoms with van der Waals surface area (Å²) in [5.74, 6) is 0.606. The van der Waals surface area contributed by atoms with Gasteiger partial charge >= 0.3 is 0 Å². The van der Waals surface area contributed by atoms with Gasteiger partial charge in [0.25, 0.3) is 10.1 Å². The maximum Gasteiger partial charge on any atom is 0.297 e. The minimum atomic E-state index is -3.96. The fourth-order valence-electron chi connectivity index (χ4n) is 3.71. The molecule has 2 aromatic rings. The van der Waals surface area contributed by atoms with Crippen LogP contribution >= 0.6 is 0 Å². The van der Waals surface area contributed by atoms with Crippen LogP contribution in [0.1, 0.15) is 63.5 Å². The Balaban J connectivity index is 1.72. The molecule has 0 aromatic heterocycles. The summed E-state index contributed by atoms with van der Waals surface area (Å²) in [6.45, 7) is 8.32. The van der Waals surface area contributed by atoms with Crippen molar-refractivity contribution in [1.29, 1.82) is 0 Å². The van der Waals surface area contributed by atoms with Crippen LogP contribution in [0.4, 0.5) is 0 Å². The van der Waals surface area contributed by atoms with Crippen molar-refractivity contribution in [2.45, 2.75) is 68.2 Å². The van der Waals surface area contributed by atoms with Crippen LogP contribution in [-0.4, -0.2) is 40.3 Å². The van der Waals surface area contributed by atoms with E-state index in [9.17, 15) is 16.8 Å². The second-order valence-electron chi connectivity index (χ2n) is 8.60. The average Bonchev–Trinajstić information content (AvgIpc) is 3.22. The fraction of sp³-hybridized carbons (Fsp3) is 0.478. The van der Waals surface area contributed by atoms with Crippen LogP contribution in [0.2, 0.25) is 0 Å². The third-order valence-electron chi connectivity index (χ3n) is 5.73. The first kappa shape index (κ1) is 23.9. The third-order valence-corrected chi connectivity index (χ3v) is 8.99. The zero-order chi connectivity index (χ0) is 22.8. The first-order valence-electron chi connectivity index (χ1n) is 10.6. The second kappa shape index (κ2) is 9.40. The van der Waals surface area contributed by atoms with Crippen molar-refractivity contribution in [3.63, 3.8) is 0 Å². The summed E-state index contributed by atoms with van der Waals surface area (Å²) in [6, 6.07) is 13.0. The Morgan fingerprint density at radius 2 is 1.32 bits per heavy atom. The van der Waals surface area contributed by atoms with Gasteiger partial charge in [0.2, 0.25) is 10.0 Å².